The predicted molar refractivity (Wildman–Crippen MR) is 81.0 cm³/mol. The molecule has 0 spiro atoms. The zero-order chi connectivity index (χ0) is 15.7. The van der Waals surface area contributed by atoms with E-state index in [2.05, 4.69) is 4.98 Å². The lowest BCUT2D eigenvalue weighted by molar-refractivity contribution is -0.384. The molecule has 0 amide bonds. The van der Waals surface area contributed by atoms with Crippen LogP contribution in [0.2, 0.25) is 0 Å². The summed E-state index contributed by atoms with van der Waals surface area (Å²) in [6, 6.07) is 8.11. The zero-order valence-corrected chi connectivity index (χ0v) is 11.8. The van der Waals surface area contributed by atoms with Crippen molar-refractivity contribution in [1.29, 1.82) is 0 Å². The van der Waals surface area contributed by atoms with E-state index < -0.39 is 10.9 Å². The van der Waals surface area contributed by atoms with Gasteiger partial charge in [0, 0.05) is 30.6 Å². The number of hydrogen-bond acceptors (Lipinski definition) is 5. The largest absolute Gasteiger partial charge is 0.481 e. The fourth-order valence-corrected chi connectivity index (χ4v) is 2.78. The number of fused-ring (bicyclic) bond motifs is 1. The van der Waals surface area contributed by atoms with Gasteiger partial charge < -0.3 is 10.0 Å². The van der Waals surface area contributed by atoms with E-state index in [0.29, 0.717) is 29.7 Å². The summed E-state index contributed by atoms with van der Waals surface area (Å²) in [7, 11) is 0. The molecule has 7 nitrogen and oxygen atoms in total. The van der Waals surface area contributed by atoms with E-state index in [1.807, 2.05) is 4.90 Å². The average molecular weight is 301 g/mol. The van der Waals surface area contributed by atoms with Crippen molar-refractivity contribution in [3.05, 3.63) is 40.4 Å². The van der Waals surface area contributed by atoms with E-state index >= 15 is 0 Å². The lowest BCUT2D eigenvalue weighted by Gasteiger charge is -2.31. The second-order valence-corrected chi connectivity index (χ2v) is 5.43. The third-order valence-corrected chi connectivity index (χ3v) is 3.96. The molecular formula is C15H15N3O4. The minimum absolute atomic E-state index is 0.0333. The Balaban J connectivity index is 1.90. The number of rotatable bonds is 3. The summed E-state index contributed by atoms with van der Waals surface area (Å²) in [4.78, 5) is 27.9. The average Bonchev–Trinajstić information content (AvgIpc) is 2.53. The number of aliphatic carboxylic acids is 1. The molecule has 114 valence electrons. The molecule has 7 heteroatoms. The van der Waals surface area contributed by atoms with Crippen LogP contribution >= 0.6 is 0 Å². The first kappa shape index (κ1) is 14.2. The number of piperidine rings is 1. The fourth-order valence-electron chi connectivity index (χ4n) is 2.78. The summed E-state index contributed by atoms with van der Waals surface area (Å²) in [5.74, 6) is -0.434. The maximum Gasteiger partial charge on any atom is 0.308 e. The molecule has 1 saturated heterocycles. The quantitative estimate of drug-likeness (QED) is 0.691. The van der Waals surface area contributed by atoms with Gasteiger partial charge in [0.25, 0.3) is 5.69 Å². The Morgan fingerprint density at radius 1 is 1.36 bits per heavy atom. The highest BCUT2D eigenvalue weighted by molar-refractivity contribution is 5.82. The molecule has 2 aromatic rings. The highest BCUT2D eigenvalue weighted by Crippen LogP contribution is 2.25. The molecule has 1 atom stereocenters. The molecule has 22 heavy (non-hydrogen) atoms. The van der Waals surface area contributed by atoms with Crippen LogP contribution in [0.3, 0.4) is 0 Å². The van der Waals surface area contributed by atoms with Crippen molar-refractivity contribution in [1.82, 2.24) is 4.98 Å². The van der Waals surface area contributed by atoms with Crippen LogP contribution in [0.1, 0.15) is 12.8 Å². The molecule has 1 aromatic carbocycles. The Labute approximate surface area is 126 Å². The van der Waals surface area contributed by atoms with Gasteiger partial charge in [0.1, 0.15) is 5.82 Å². The van der Waals surface area contributed by atoms with Crippen molar-refractivity contribution in [2.45, 2.75) is 12.8 Å². The van der Waals surface area contributed by atoms with E-state index in [9.17, 15) is 14.9 Å². The lowest BCUT2D eigenvalue weighted by atomic mass is 9.98. The lowest BCUT2D eigenvalue weighted by Crippen LogP contribution is -2.39. The first-order valence-electron chi connectivity index (χ1n) is 7.07. The van der Waals surface area contributed by atoms with Gasteiger partial charge in [0.15, 0.2) is 0 Å². The summed E-state index contributed by atoms with van der Waals surface area (Å²) < 4.78 is 0. The predicted octanol–water partition coefficient (Wildman–Crippen LogP) is 2.44. The van der Waals surface area contributed by atoms with Gasteiger partial charge in [-0.1, -0.05) is 0 Å². The normalized spacial score (nSPS) is 18.4. The Morgan fingerprint density at radius 2 is 2.18 bits per heavy atom. The van der Waals surface area contributed by atoms with Gasteiger partial charge in [0.2, 0.25) is 0 Å². The Hall–Kier alpha value is -2.70. The molecule has 0 saturated carbocycles. The van der Waals surface area contributed by atoms with Gasteiger partial charge in [0.05, 0.1) is 16.4 Å². The molecule has 3 rings (SSSR count). The summed E-state index contributed by atoms with van der Waals surface area (Å²) in [5.41, 5.74) is 0.700. The molecule has 2 heterocycles. The number of nitrogens with zero attached hydrogens (tertiary/aromatic N) is 3. The highest BCUT2D eigenvalue weighted by Gasteiger charge is 2.26. The van der Waals surface area contributed by atoms with E-state index in [1.54, 1.807) is 18.2 Å². The summed E-state index contributed by atoms with van der Waals surface area (Å²) in [5, 5.41) is 20.6. The van der Waals surface area contributed by atoms with Crippen molar-refractivity contribution < 1.29 is 14.8 Å². The zero-order valence-electron chi connectivity index (χ0n) is 11.8. The van der Waals surface area contributed by atoms with Gasteiger partial charge in [-0.15, -0.1) is 0 Å². The number of non-ortho nitro benzene ring substituents is 1. The molecule has 0 bridgehead atoms. The monoisotopic (exact) mass is 301 g/mol. The molecule has 1 N–H and O–H groups in total. The smallest absolute Gasteiger partial charge is 0.308 e. The van der Waals surface area contributed by atoms with E-state index in [0.717, 1.165) is 13.0 Å². The van der Waals surface area contributed by atoms with Gasteiger partial charge in [-0.2, -0.15) is 0 Å². The number of carboxylic acids is 1. The van der Waals surface area contributed by atoms with Crippen molar-refractivity contribution in [3.63, 3.8) is 0 Å². The maximum atomic E-state index is 11.1. The van der Waals surface area contributed by atoms with Crippen LogP contribution in [-0.2, 0) is 4.79 Å². The Kier molecular flexibility index (Phi) is 3.62. The van der Waals surface area contributed by atoms with Crippen LogP contribution in [0.25, 0.3) is 10.9 Å². The Morgan fingerprint density at radius 3 is 2.91 bits per heavy atom. The molecule has 0 aliphatic carbocycles. The van der Waals surface area contributed by atoms with Gasteiger partial charge >= 0.3 is 5.97 Å². The molecule has 1 unspecified atom stereocenters. The van der Waals surface area contributed by atoms with Crippen LogP contribution in [0.4, 0.5) is 11.5 Å². The second-order valence-electron chi connectivity index (χ2n) is 5.43. The number of aromatic nitrogens is 1. The standard InChI is InChI=1S/C15H15N3O4/c19-15(20)11-2-1-7-17(9-11)14-6-3-10-8-12(18(21)22)4-5-13(10)16-14/h3-6,8,11H,1-2,7,9H2,(H,19,20). The number of hydrogen-bond donors (Lipinski definition) is 1. The van der Waals surface area contributed by atoms with Gasteiger partial charge in [-0.05, 0) is 31.0 Å². The van der Waals surface area contributed by atoms with Gasteiger partial charge in [-0.3, -0.25) is 14.9 Å². The number of nitro benzene ring substituents is 1. The molecule has 1 fully saturated rings. The molecule has 1 aliphatic heterocycles. The molecule has 1 aromatic heterocycles. The highest BCUT2D eigenvalue weighted by atomic mass is 16.6. The van der Waals surface area contributed by atoms with Crippen LogP contribution in [-0.4, -0.2) is 34.1 Å². The minimum atomic E-state index is -0.777. The van der Waals surface area contributed by atoms with Crippen LogP contribution in [0.5, 0.6) is 0 Å². The van der Waals surface area contributed by atoms with Crippen LogP contribution in [0.15, 0.2) is 30.3 Å². The minimum Gasteiger partial charge on any atom is -0.481 e. The SMILES string of the molecule is O=C(O)C1CCCN(c2ccc3cc([N+](=O)[O-])ccc3n2)C1. The molecular weight excluding hydrogens is 286 g/mol. The van der Waals surface area contributed by atoms with Gasteiger partial charge in [-0.25, -0.2) is 4.98 Å². The van der Waals surface area contributed by atoms with Crippen molar-refractivity contribution in [3.8, 4) is 0 Å². The number of nitro groups is 1. The Bertz CT molecular complexity index is 747. The number of carboxylic acid groups (broad SMARTS) is 1. The van der Waals surface area contributed by atoms with Crippen LogP contribution < -0.4 is 4.90 Å². The third kappa shape index (κ3) is 2.69. The number of pyridine rings is 1. The van der Waals surface area contributed by atoms with Crippen molar-refractivity contribution in [2.75, 3.05) is 18.0 Å². The fraction of sp³-hybridized carbons (Fsp3) is 0.333. The second kappa shape index (κ2) is 5.59. The van der Waals surface area contributed by atoms with E-state index in [-0.39, 0.29) is 11.6 Å². The van der Waals surface area contributed by atoms with Crippen molar-refractivity contribution in [2.24, 2.45) is 5.92 Å². The molecule has 1 aliphatic rings. The van der Waals surface area contributed by atoms with Crippen LogP contribution in [0, 0.1) is 16.0 Å². The summed E-state index contributed by atoms with van der Waals surface area (Å²) in [6.07, 6.45) is 1.50. The summed E-state index contributed by atoms with van der Waals surface area (Å²) in [6.45, 7) is 1.22. The number of benzene rings is 1. The molecule has 0 radical (unpaired) electrons. The number of anilines is 1. The van der Waals surface area contributed by atoms with Crippen molar-refractivity contribution >= 4 is 28.4 Å². The first-order chi connectivity index (χ1) is 10.5. The topological polar surface area (TPSA) is 96.6 Å². The number of carbonyl (C=O) groups is 1. The first-order valence-corrected chi connectivity index (χ1v) is 7.07. The third-order valence-electron chi connectivity index (χ3n) is 3.96. The maximum absolute atomic E-state index is 11.1. The summed E-state index contributed by atoms with van der Waals surface area (Å²) >= 11 is 0. The van der Waals surface area contributed by atoms with E-state index in [1.165, 1.54) is 12.1 Å². The van der Waals surface area contributed by atoms with E-state index in [4.69, 9.17) is 5.11 Å².